The molecule has 1 atom stereocenters. The van der Waals surface area contributed by atoms with Gasteiger partial charge >= 0.3 is 0 Å². The minimum absolute atomic E-state index is 0.0175. The number of hydrazine groups is 1. The molecule has 0 aromatic heterocycles. The first kappa shape index (κ1) is 22.6. The molecule has 31 heavy (non-hydrogen) atoms. The first-order valence-electron chi connectivity index (χ1n) is 11.0. The number of benzene rings is 1. The number of carbonyl (C=O) groups excluding carboxylic acids is 2. The van der Waals surface area contributed by atoms with E-state index in [1.165, 1.54) is 37.5 Å². The fourth-order valence-corrected chi connectivity index (χ4v) is 7.72. The standard InChI is InChI=1S/C22H30ClN3O4S/c1-13(2)19(26-31(29,30)18-5-3-4-17(23)9-18)20(27)24-25-21(28)22-10-14-6-15(11-22)8-16(7-14)12-22/h3-5,9,13-16,19,26H,6-8,10-12H2,1-2H3,(H,24,27)(H,25,28)/t14?,15?,16?,19-,22?/m0/s1. The number of carbonyl (C=O) groups is 2. The molecule has 4 fully saturated rings. The van der Waals surface area contributed by atoms with Gasteiger partial charge in [-0.3, -0.25) is 20.4 Å². The van der Waals surface area contributed by atoms with Gasteiger partial charge in [0.05, 0.1) is 10.3 Å². The molecule has 1 aromatic rings. The summed E-state index contributed by atoms with van der Waals surface area (Å²) in [6, 6.07) is 4.81. The Morgan fingerprint density at radius 2 is 1.61 bits per heavy atom. The number of hydrogen-bond acceptors (Lipinski definition) is 4. The average Bonchev–Trinajstić information content (AvgIpc) is 2.69. The summed E-state index contributed by atoms with van der Waals surface area (Å²) in [5.74, 6) is 0.783. The molecule has 0 saturated heterocycles. The third-order valence-corrected chi connectivity index (χ3v) is 8.83. The van der Waals surface area contributed by atoms with Crippen LogP contribution >= 0.6 is 11.6 Å². The van der Waals surface area contributed by atoms with Crippen LogP contribution in [0.2, 0.25) is 5.02 Å². The van der Waals surface area contributed by atoms with E-state index in [0.717, 1.165) is 19.3 Å². The highest BCUT2D eigenvalue weighted by Crippen LogP contribution is 2.60. The van der Waals surface area contributed by atoms with E-state index in [4.69, 9.17) is 11.6 Å². The van der Waals surface area contributed by atoms with Crippen molar-refractivity contribution in [3.8, 4) is 0 Å². The third kappa shape index (κ3) is 4.61. The van der Waals surface area contributed by atoms with Gasteiger partial charge in [-0.15, -0.1) is 0 Å². The average molecular weight is 468 g/mol. The van der Waals surface area contributed by atoms with Gasteiger partial charge in [-0.25, -0.2) is 8.42 Å². The van der Waals surface area contributed by atoms with Crippen LogP contribution in [0.5, 0.6) is 0 Å². The van der Waals surface area contributed by atoms with Crippen LogP contribution in [-0.4, -0.2) is 26.3 Å². The van der Waals surface area contributed by atoms with Gasteiger partial charge in [0, 0.05) is 5.02 Å². The Bertz CT molecular complexity index is 943. The molecule has 7 nitrogen and oxygen atoms in total. The molecule has 5 rings (SSSR count). The molecule has 2 amide bonds. The Labute approximate surface area is 188 Å². The maximum absolute atomic E-state index is 13.1. The molecule has 0 heterocycles. The van der Waals surface area contributed by atoms with E-state index in [0.29, 0.717) is 17.8 Å². The lowest BCUT2D eigenvalue weighted by molar-refractivity contribution is -0.149. The van der Waals surface area contributed by atoms with Crippen LogP contribution in [0, 0.1) is 29.1 Å². The summed E-state index contributed by atoms with van der Waals surface area (Å²) in [6.07, 6.45) is 6.32. The zero-order valence-corrected chi connectivity index (χ0v) is 19.4. The second kappa shape index (κ2) is 8.37. The highest BCUT2D eigenvalue weighted by molar-refractivity contribution is 7.89. The van der Waals surface area contributed by atoms with Crippen molar-refractivity contribution in [1.82, 2.24) is 15.6 Å². The van der Waals surface area contributed by atoms with Crippen molar-refractivity contribution in [1.29, 1.82) is 0 Å². The third-order valence-electron chi connectivity index (χ3n) is 7.16. The van der Waals surface area contributed by atoms with Crippen LogP contribution in [0.25, 0.3) is 0 Å². The molecular weight excluding hydrogens is 438 g/mol. The molecular formula is C22H30ClN3O4S. The largest absolute Gasteiger partial charge is 0.273 e. The highest BCUT2D eigenvalue weighted by Gasteiger charge is 2.54. The van der Waals surface area contributed by atoms with E-state index < -0.39 is 27.4 Å². The first-order chi connectivity index (χ1) is 14.6. The molecule has 0 unspecified atom stereocenters. The van der Waals surface area contributed by atoms with Gasteiger partial charge in [-0.05, 0) is 80.4 Å². The molecule has 9 heteroatoms. The van der Waals surface area contributed by atoms with E-state index in [-0.39, 0.29) is 21.7 Å². The van der Waals surface area contributed by atoms with Crippen molar-refractivity contribution in [2.45, 2.75) is 63.3 Å². The maximum atomic E-state index is 13.1. The quantitative estimate of drug-likeness (QED) is 0.559. The number of rotatable bonds is 6. The predicted octanol–water partition coefficient (Wildman–Crippen LogP) is 3.01. The molecule has 0 radical (unpaired) electrons. The summed E-state index contributed by atoms with van der Waals surface area (Å²) >= 11 is 5.91. The fraction of sp³-hybridized carbons (Fsp3) is 0.636. The van der Waals surface area contributed by atoms with Gasteiger partial charge in [0.15, 0.2) is 0 Å². The molecule has 4 saturated carbocycles. The summed E-state index contributed by atoms with van der Waals surface area (Å²) in [4.78, 5) is 25.9. The summed E-state index contributed by atoms with van der Waals surface area (Å²) < 4.78 is 27.9. The maximum Gasteiger partial charge on any atom is 0.256 e. The van der Waals surface area contributed by atoms with E-state index >= 15 is 0 Å². The Hall–Kier alpha value is -1.64. The number of halogens is 1. The summed E-state index contributed by atoms with van der Waals surface area (Å²) in [5.41, 5.74) is 4.70. The SMILES string of the molecule is CC(C)[C@H](NS(=O)(=O)c1cccc(Cl)c1)C(=O)NNC(=O)C12CC3CC(CC(C3)C1)C2. The Morgan fingerprint density at radius 3 is 2.13 bits per heavy atom. The number of nitrogens with one attached hydrogen (secondary N) is 3. The molecule has 170 valence electrons. The van der Waals surface area contributed by atoms with Gasteiger partial charge in [-0.1, -0.05) is 31.5 Å². The molecule has 4 aliphatic rings. The van der Waals surface area contributed by atoms with Gasteiger partial charge < -0.3 is 0 Å². The number of sulfonamides is 1. The predicted molar refractivity (Wildman–Crippen MR) is 117 cm³/mol. The summed E-state index contributed by atoms with van der Waals surface area (Å²) in [6.45, 7) is 3.48. The minimum Gasteiger partial charge on any atom is -0.273 e. The van der Waals surface area contributed by atoms with Crippen LogP contribution in [0.15, 0.2) is 29.2 Å². The van der Waals surface area contributed by atoms with E-state index in [2.05, 4.69) is 15.6 Å². The van der Waals surface area contributed by atoms with Gasteiger partial charge in [0.1, 0.15) is 6.04 Å². The number of hydrogen-bond donors (Lipinski definition) is 3. The van der Waals surface area contributed by atoms with Crippen molar-refractivity contribution in [2.24, 2.45) is 29.1 Å². The van der Waals surface area contributed by atoms with E-state index in [9.17, 15) is 18.0 Å². The van der Waals surface area contributed by atoms with Crippen LogP contribution in [-0.2, 0) is 19.6 Å². The number of amides is 2. The second-order valence-electron chi connectivity index (χ2n) is 9.94. The Kier molecular flexibility index (Phi) is 6.09. The topological polar surface area (TPSA) is 104 Å². The molecule has 3 N–H and O–H groups in total. The van der Waals surface area contributed by atoms with Crippen LogP contribution < -0.4 is 15.6 Å². The van der Waals surface area contributed by atoms with Crippen molar-refractivity contribution < 1.29 is 18.0 Å². The first-order valence-corrected chi connectivity index (χ1v) is 12.8. The zero-order chi connectivity index (χ0) is 22.4. The summed E-state index contributed by atoms with van der Waals surface area (Å²) in [5, 5.41) is 0.288. The van der Waals surface area contributed by atoms with Crippen LogP contribution in [0.4, 0.5) is 0 Å². The van der Waals surface area contributed by atoms with Crippen molar-refractivity contribution >= 4 is 33.4 Å². The van der Waals surface area contributed by atoms with Crippen molar-refractivity contribution in [3.63, 3.8) is 0 Å². The van der Waals surface area contributed by atoms with Gasteiger partial charge in [0.2, 0.25) is 15.9 Å². The molecule has 0 spiro atoms. The molecule has 4 bridgehead atoms. The molecule has 0 aliphatic heterocycles. The monoisotopic (exact) mass is 467 g/mol. The lowest BCUT2D eigenvalue weighted by Crippen LogP contribution is -2.59. The van der Waals surface area contributed by atoms with E-state index in [1.807, 2.05) is 0 Å². The zero-order valence-electron chi connectivity index (χ0n) is 17.9. The second-order valence-corrected chi connectivity index (χ2v) is 12.1. The van der Waals surface area contributed by atoms with Crippen LogP contribution in [0.1, 0.15) is 52.4 Å². The van der Waals surface area contributed by atoms with Gasteiger partial charge in [0.25, 0.3) is 5.91 Å². The van der Waals surface area contributed by atoms with Crippen LogP contribution in [0.3, 0.4) is 0 Å². The Balaban J connectivity index is 1.41. The minimum atomic E-state index is -3.96. The summed E-state index contributed by atoms with van der Waals surface area (Å²) in [7, 11) is -3.96. The molecule has 1 aromatic carbocycles. The Morgan fingerprint density at radius 1 is 1.03 bits per heavy atom. The lowest BCUT2D eigenvalue weighted by Gasteiger charge is -2.55. The van der Waals surface area contributed by atoms with E-state index in [1.54, 1.807) is 19.9 Å². The highest BCUT2D eigenvalue weighted by atomic mass is 35.5. The fourth-order valence-electron chi connectivity index (χ4n) is 6.08. The molecule has 4 aliphatic carbocycles. The van der Waals surface area contributed by atoms with Crippen molar-refractivity contribution in [2.75, 3.05) is 0 Å². The lowest BCUT2D eigenvalue weighted by atomic mass is 9.49. The smallest absolute Gasteiger partial charge is 0.256 e. The van der Waals surface area contributed by atoms with Crippen molar-refractivity contribution in [3.05, 3.63) is 29.3 Å². The van der Waals surface area contributed by atoms with Gasteiger partial charge in [-0.2, -0.15) is 4.72 Å². The normalized spacial score (nSPS) is 30.3.